The van der Waals surface area contributed by atoms with Gasteiger partial charge in [0.25, 0.3) is 5.91 Å². The molecule has 3 heterocycles. The lowest BCUT2D eigenvalue weighted by atomic mass is 10.3. The van der Waals surface area contributed by atoms with Crippen LogP contribution in [-0.4, -0.2) is 38.8 Å². The minimum Gasteiger partial charge on any atom is -0.477 e. The number of anilines is 1. The molecule has 26 heavy (non-hydrogen) atoms. The third-order valence-corrected chi connectivity index (χ3v) is 4.40. The maximum Gasteiger partial charge on any atom is 0.320 e. The van der Waals surface area contributed by atoms with Crippen LogP contribution in [0.5, 0.6) is 11.9 Å². The summed E-state index contributed by atoms with van der Waals surface area (Å²) in [5.74, 6) is -0.145. The second kappa shape index (κ2) is 8.68. The predicted octanol–water partition coefficient (Wildman–Crippen LogP) is 3.05. The van der Waals surface area contributed by atoms with Gasteiger partial charge in [-0.25, -0.2) is 0 Å². The summed E-state index contributed by atoms with van der Waals surface area (Å²) < 4.78 is 11.2. The van der Waals surface area contributed by atoms with Crippen LogP contribution >= 0.6 is 22.7 Å². The maximum atomic E-state index is 12.4. The van der Waals surface area contributed by atoms with Gasteiger partial charge in [0.05, 0.1) is 12.7 Å². The molecule has 10 heteroatoms. The SMILES string of the molecule is CC(C)Oc1nc(OCCc2ccsc2)cc(C(=O)Nc2nncs2)n1. The van der Waals surface area contributed by atoms with Crippen molar-refractivity contribution in [3.63, 3.8) is 0 Å². The standard InChI is InChI=1S/C16H17N5O3S2/c1-10(2)24-15-18-12(14(22)20-16-21-17-9-26-16)7-13(19-15)23-5-3-11-4-6-25-8-11/h4,6-10H,3,5H2,1-2H3,(H,20,21,22). The smallest absolute Gasteiger partial charge is 0.320 e. The van der Waals surface area contributed by atoms with Gasteiger partial charge in [-0.2, -0.15) is 21.3 Å². The minimum absolute atomic E-state index is 0.0930. The number of ether oxygens (including phenoxy) is 2. The summed E-state index contributed by atoms with van der Waals surface area (Å²) in [5.41, 5.74) is 2.86. The van der Waals surface area contributed by atoms with Crippen LogP contribution in [0.25, 0.3) is 0 Å². The van der Waals surface area contributed by atoms with Crippen LogP contribution in [0, 0.1) is 0 Å². The number of hydrogen-bond acceptors (Lipinski definition) is 9. The first-order valence-electron chi connectivity index (χ1n) is 7.87. The molecule has 0 aromatic carbocycles. The van der Waals surface area contributed by atoms with Crippen LogP contribution in [0.3, 0.4) is 0 Å². The van der Waals surface area contributed by atoms with Crippen LogP contribution in [0.2, 0.25) is 0 Å². The van der Waals surface area contributed by atoms with Crippen molar-refractivity contribution in [1.82, 2.24) is 20.2 Å². The fourth-order valence-corrected chi connectivity index (χ4v) is 3.10. The van der Waals surface area contributed by atoms with Crippen molar-refractivity contribution in [1.29, 1.82) is 0 Å². The lowest BCUT2D eigenvalue weighted by Crippen LogP contribution is -2.17. The summed E-state index contributed by atoms with van der Waals surface area (Å²) >= 11 is 2.86. The van der Waals surface area contributed by atoms with Crippen molar-refractivity contribution in [3.05, 3.63) is 39.7 Å². The topological polar surface area (TPSA) is 99.1 Å². The Morgan fingerprint density at radius 1 is 1.35 bits per heavy atom. The number of aromatic nitrogens is 4. The average Bonchev–Trinajstić information content (AvgIpc) is 3.28. The Morgan fingerprint density at radius 3 is 2.92 bits per heavy atom. The minimum atomic E-state index is -0.430. The molecule has 0 spiro atoms. The number of nitrogens with zero attached hydrogens (tertiary/aromatic N) is 4. The molecule has 0 fully saturated rings. The summed E-state index contributed by atoms with van der Waals surface area (Å²) in [6.45, 7) is 4.15. The predicted molar refractivity (Wildman–Crippen MR) is 99.2 cm³/mol. The summed E-state index contributed by atoms with van der Waals surface area (Å²) in [6.07, 6.45) is 0.621. The van der Waals surface area contributed by atoms with Crippen LogP contribution in [0.15, 0.2) is 28.4 Å². The van der Waals surface area contributed by atoms with E-state index < -0.39 is 5.91 Å². The van der Waals surface area contributed by atoms with E-state index in [1.807, 2.05) is 25.3 Å². The number of rotatable bonds is 8. The van der Waals surface area contributed by atoms with E-state index in [9.17, 15) is 4.79 Å². The van der Waals surface area contributed by atoms with Crippen molar-refractivity contribution >= 4 is 33.7 Å². The first kappa shape index (κ1) is 18.2. The molecule has 0 bridgehead atoms. The van der Waals surface area contributed by atoms with Gasteiger partial charge in [0.2, 0.25) is 11.0 Å². The first-order valence-corrected chi connectivity index (χ1v) is 9.69. The van der Waals surface area contributed by atoms with E-state index in [1.54, 1.807) is 11.3 Å². The van der Waals surface area contributed by atoms with Gasteiger partial charge in [0, 0.05) is 12.5 Å². The van der Waals surface area contributed by atoms with Crippen molar-refractivity contribution in [2.45, 2.75) is 26.4 Å². The molecule has 3 rings (SSSR count). The van der Waals surface area contributed by atoms with Crippen LogP contribution in [0.1, 0.15) is 29.9 Å². The van der Waals surface area contributed by atoms with Gasteiger partial charge in [0.1, 0.15) is 11.2 Å². The Labute approximate surface area is 158 Å². The molecule has 3 aromatic rings. The Bertz CT molecular complexity index is 838. The van der Waals surface area contributed by atoms with Gasteiger partial charge in [0.15, 0.2) is 0 Å². The molecule has 0 unspecified atom stereocenters. The number of hydrogen-bond donors (Lipinski definition) is 1. The number of nitrogens with one attached hydrogen (secondary N) is 1. The van der Waals surface area contributed by atoms with Crippen molar-refractivity contribution in [3.8, 4) is 11.9 Å². The lowest BCUT2D eigenvalue weighted by Gasteiger charge is -2.11. The zero-order valence-electron chi connectivity index (χ0n) is 14.2. The molecule has 0 aliphatic carbocycles. The molecule has 136 valence electrons. The van der Waals surface area contributed by atoms with Crippen LogP contribution in [0.4, 0.5) is 5.13 Å². The quantitative estimate of drug-likeness (QED) is 0.630. The third kappa shape index (κ3) is 5.20. The second-order valence-electron chi connectivity index (χ2n) is 5.47. The zero-order valence-corrected chi connectivity index (χ0v) is 15.8. The lowest BCUT2D eigenvalue weighted by molar-refractivity contribution is 0.101. The van der Waals surface area contributed by atoms with Gasteiger partial charge in [-0.1, -0.05) is 11.3 Å². The van der Waals surface area contributed by atoms with Crippen molar-refractivity contribution < 1.29 is 14.3 Å². The molecular weight excluding hydrogens is 374 g/mol. The highest BCUT2D eigenvalue weighted by Gasteiger charge is 2.15. The largest absolute Gasteiger partial charge is 0.477 e. The van der Waals surface area contributed by atoms with Crippen molar-refractivity contribution in [2.75, 3.05) is 11.9 Å². The maximum absolute atomic E-state index is 12.4. The Kier molecular flexibility index (Phi) is 6.08. The summed E-state index contributed by atoms with van der Waals surface area (Å²) in [4.78, 5) is 20.7. The normalized spacial score (nSPS) is 10.7. The molecule has 1 N–H and O–H groups in total. The number of amides is 1. The fourth-order valence-electron chi connectivity index (χ4n) is 1.95. The number of carbonyl (C=O) groups excluding carboxylic acids is 1. The van der Waals surface area contributed by atoms with E-state index in [0.717, 1.165) is 6.42 Å². The highest BCUT2D eigenvalue weighted by Crippen LogP contribution is 2.18. The van der Waals surface area contributed by atoms with Gasteiger partial charge >= 0.3 is 6.01 Å². The van der Waals surface area contributed by atoms with E-state index >= 15 is 0 Å². The zero-order chi connectivity index (χ0) is 18.4. The molecule has 0 radical (unpaired) electrons. The van der Waals surface area contributed by atoms with E-state index in [4.69, 9.17) is 9.47 Å². The average molecular weight is 391 g/mol. The van der Waals surface area contributed by atoms with Gasteiger partial charge in [-0.05, 0) is 36.2 Å². The van der Waals surface area contributed by atoms with Crippen molar-refractivity contribution in [2.24, 2.45) is 0 Å². The summed E-state index contributed by atoms with van der Waals surface area (Å²) in [6, 6.07) is 3.62. The Hall–Kier alpha value is -2.59. The number of carbonyl (C=O) groups is 1. The van der Waals surface area contributed by atoms with Gasteiger partial charge < -0.3 is 9.47 Å². The molecule has 3 aromatic heterocycles. The summed E-state index contributed by atoms with van der Waals surface area (Å²) in [7, 11) is 0. The summed E-state index contributed by atoms with van der Waals surface area (Å²) in [5, 5.41) is 14.6. The Morgan fingerprint density at radius 2 is 2.23 bits per heavy atom. The van der Waals surface area contributed by atoms with E-state index in [-0.39, 0.29) is 23.7 Å². The molecular formula is C16H17N5O3S2. The third-order valence-electron chi connectivity index (χ3n) is 3.06. The van der Waals surface area contributed by atoms with Crippen LogP contribution in [-0.2, 0) is 6.42 Å². The monoisotopic (exact) mass is 391 g/mol. The Balaban J connectivity index is 1.73. The molecule has 8 nitrogen and oxygen atoms in total. The molecule has 1 amide bonds. The van der Waals surface area contributed by atoms with E-state index in [0.29, 0.717) is 11.7 Å². The number of thiophene rings is 1. The molecule has 0 saturated heterocycles. The first-order chi connectivity index (χ1) is 12.6. The second-order valence-corrected chi connectivity index (χ2v) is 7.08. The fraction of sp³-hybridized carbons (Fsp3) is 0.312. The molecule has 0 atom stereocenters. The highest BCUT2D eigenvalue weighted by atomic mass is 32.1. The van der Waals surface area contributed by atoms with E-state index in [1.165, 1.54) is 28.5 Å². The van der Waals surface area contributed by atoms with Gasteiger partial charge in [-0.3, -0.25) is 10.1 Å². The highest BCUT2D eigenvalue weighted by molar-refractivity contribution is 7.13. The van der Waals surface area contributed by atoms with E-state index in [2.05, 4.69) is 30.9 Å². The van der Waals surface area contributed by atoms with Crippen LogP contribution < -0.4 is 14.8 Å². The van der Waals surface area contributed by atoms with Gasteiger partial charge in [-0.15, -0.1) is 10.2 Å². The molecule has 0 aliphatic heterocycles. The molecule has 0 aliphatic rings. The molecule has 0 saturated carbocycles.